The molecule has 0 spiro atoms. The predicted molar refractivity (Wildman–Crippen MR) is 77.1 cm³/mol. The molecule has 0 bridgehead atoms. The normalized spacial score (nSPS) is 21.5. The maximum Gasteiger partial charge on any atom is 0.244 e. The fourth-order valence-corrected chi connectivity index (χ4v) is 4.46. The zero-order chi connectivity index (χ0) is 13.9. The van der Waals surface area contributed by atoms with Crippen molar-refractivity contribution in [2.45, 2.75) is 24.2 Å². The summed E-state index contributed by atoms with van der Waals surface area (Å²) in [7, 11) is -3.44. The van der Waals surface area contributed by atoms with Crippen molar-refractivity contribution in [1.29, 1.82) is 0 Å². The number of nitrogens with two attached hydrogens (primary N) is 1. The maximum absolute atomic E-state index is 12.5. The summed E-state index contributed by atoms with van der Waals surface area (Å²) < 4.78 is 27.3. The van der Waals surface area contributed by atoms with Crippen molar-refractivity contribution in [3.05, 3.63) is 22.9 Å². The van der Waals surface area contributed by atoms with E-state index in [0.29, 0.717) is 30.0 Å². The van der Waals surface area contributed by atoms with Crippen LogP contribution in [-0.2, 0) is 10.0 Å². The van der Waals surface area contributed by atoms with E-state index in [0.717, 1.165) is 19.3 Å². The molecular weight excluding hydrogens is 330 g/mol. The summed E-state index contributed by atoms with van der Waals surface area (Å²) in [5.74, 6) is 0.369. The lowest BCUT2D eigenvalue weighted by atomic mass is 9.96. The van der Waals surface area contributed by atoms with Crippen LogP contribution in [0.15, 0.2) is 27.8 Å². The van der Waals surface area contributed by atoms with Crippen LogP contribution in [0.4, 0.5) is 0 Å². The Kier molecular flexibility index (Phi) is 4.94. The van der Waals surface area contributed by atoms with Crippen LogP contribution in [-0.4, -0.2) is 37.3 Å². The minimum atomic E-state index is -3.44. The number of rotatable bonds is 4. The molecular formula is C12H18BrN3O2S. The highest BCUT2D eigenvalue weighted by Crippen LogP contribution is 2.25. The molecule has 0 amide bonds. The van der Waals surface area contributed by atoms with Gasteiger partial charge in [0, 0.05) is 30.0 Å². The van der Waals surface area contributed by atoms with E-state index in [4.69, 9.17) is 5.73 Å². The first-order valence-electron chi connectivity index (χ1n) is 6.35. The van der Waals surface area contributed by atoms with Gasteiger partial charge in [0.25, 0.3) is 0 Å². The molecule has 1 fully saturated rings. The Morgan fingerprint density at radius 2 is 2.26 bits per heavy atom. The number of sulfonamides is 1. The second kappa shape index (κ2) is 6.30. The van der Waals surface area contributed by atoms with Crippen molar-refractivity contribution in [3.63, 3.8) is 0 Å². The van der Waals surface area contributed by atoms with Crippen molar-refractivity contribution in [2.75, 3.05) is 19.6 Å². The lowest BCUT2D eigenvalue weighted by Gasteiger charge is -2.31. The molecule has 2 N–H and O–H groups in total. The van der Waals surface area contributed by atoms with E-state index in [2.05, 4.69) is 20.9 Å². The fourth-order valence-electron chi connectivity index (χ4n) is 2.40. The highest BCUT2D eigenvalue weighted by Gasteiger charge is 2.30. The molecule has 5 nitrogen and oxygen atoms in total. The van der Waals surface area contributed by atoms with Crippen LogP contribution >= 0.6 is 15.9 Å². The van der Waals surface area contributed by atoms with Gasteiger partial charge in [-0.15, -0.1) is 0 Å². The van der Waals surface area contributed by atoms with Crippen LogP contribution < -0.4 is 5.73 Å². The molecule has 1 saturated heterocycles. The quantitative estimate of drug-likeness (QED) is 0.897. The van der Waals surface area contributed by atoms with Crippen molar-refractivity contribution in [1.82, 2.24) is 9.29 Å². The standard InChI is InChI=1S/C12H18BrN3O2S/c13-11-6-12(8-15-7-11)19(17,18)16-5-1-2-10(9-16)3-4-14/h6-8,10H,1-5,9,14H2. The molecule has 1 aliphatic rings. The lowest BCUT2D eigenvalue weighted by Crippen LogP contribution is -2.40. The van der Waals surface area contributed by atoms with Gasteiger partial charge >= 0.3 is 0 Å². The Morgan fingerprint density at radius 1 is 1.47 bits per heavy atom. The van der Waals surface area contributed by atoms with E-state index in [9.17, 15) is 8.42 Å². The maximum atomic E-state index is 12.5. The molecule has 0 radical (unpaired) electrons. The largest absolute Gasteiger partial charge is 0.330 e. The molecule has 0 aromatic carbocycles. The Hall–Kier alpha value is -0.500. The molecule has 7 heteroatoms. The number of hydrogen-bond donors (Lipinski definition) is 1. The van der Waals surface area contributed by atoms with Crippen LogP contribution in [0, 0.1) is 5.92 Å². The molecule has 1 unspecified atom stereocenters. The minimum Gasteiger partial charge on any atom is -0.330 e. The molecule has 2 heterocycles. The van der Waals surface area contributed by atoms with Gasteiger partial charge in [-0.05, 0) is 53.7 Å². The van der Waals surface area contributed by atoms with Crippen LogP contribution in [0.2, 0.25) is 0 Å². The van der Waals surface area contributed by atoms with E-state index in [1.54, 1.807) is 16.6 Å². The number of nitrogens with zero attached hydrogens (tertiary/aromatic N) is 2. The first-order valence-corrected chi connectivity index (χ1v) is 8.58. The van der Waals surface area contributed by atoms with Gasteiger partial charge in [-0.1, -0.05) is 0 Å². The highest BCUT2D eigenvalue weighted by molar-refractivity contribution is 9.10. The molecule has 1 aliphatic heterocycles. The third kappa shape index (κ3) is 3.53. The topological polar surface area (TPSA) is 76.3 Å². The molecule has 1 atom stereocenters. The molecule has 0 saturated carbocycles. The van der Waals surface area contributed by atoms with Gasteiger partial charge in [0.1, 0.15) is 4.90 Å². The molecule has 2 rings (SSSR count). The second-order valence-corrected chi connectivity index (χ2v) is 7.64. The smallest absolute Gasteiger partial charge is 0.244 e. The minimum absolute atomic E-state index is 0.246. The van der Waals surface area contributed by atoms with E-state index in [-0.39, 0.29) is 4.90 Å². The second-order valence-electron chi connectivity index (χ2n) is 4.79. The summed E-state index contributed by atoms with van der Waals surface area (Å²) in [6.45, 7) is 1.75. The Balaban J connectivity index is 2.19. The van der Waals surface area contributed by atoms with Crippen LogP contribution in [0.3, 0.4) is 0 Å². The van der Waals surface area contributed by atoms with Crippen molar-refractivity contribution in [3.8, 4) is 0 Å². The van der Waals surface area contributed by atoms with Crippen molar-refractivity contribution in [2.24, 2.45) is 11.7 Å². The zero-order valence-corrected chi connectivity index (χ0v) is 13.0. The predicted octanol–water partition coefficient (Wildman–Crippen LogP) is 1.59. The van der Waals surface area contributed by atoms with Gasteiger partial charge in [0.05, 0.1) is 0 Å². The third-order valence-corrected chi connectivity index (χ3v) is 5.64. The average Bonchev–Trinajstić information content (AvgIpc) is 2.39. The zero-order valence-electron chi connectivity index (χ0n) is 10.6. The van der Waals surface area contributed by atoms with E-state index in [1.165, 1.54) is 6.20 Å². The highest BCUT2D eigenvalue weighted by atomic mass is 79.9. The molecule has 0 aliphatic carbocycles. The fraction of sp³-hybridized carbons (Fsp3) is 0.583. The summed E-state index contributed by atoms with van der Waals surface area (Å²) in [6.07, 6.45) is 5.80. The van der Waals surface area contributed by atoms with Gasteiger partial charge in [-0.3, -0.25) is 4.98 Å². The van der Waals surface area contributed by atoms with Crippen molar-refractivity contribution >= 4 is 26.0 Å². The van der Waals surface area contributed by atoms with Gasteiger partial charge in [0.2, 0.25) is 10.0 Å². The third-order valence-electron chi connectivity index (χ3n) is 3.37. The Labute approximate surface area is 122 Å². The SMILES string of the molecule is NCCC1CCCN(S(=O)(=O)c2cncc(Br)c2)C1. The summed E-state index contributed by atoms with van der Waals surface area (Å²) in [5, 5.41) is 0. The van der Waals surface area contributed by atoms with E-state index >= 15 is 0 Å². The van der Waals surface area contributed by atoms with Crippen LogP contribution in [0.25, 0.3) is 0 Å². The Morgan fingerprint density at radius 3 is 2.95 bits per heavy atom. The van der Waals surface area contributed by atoms with E-state index in [1.807, 2.05) is 0 Å². The average molecular weight is 348 g/mol. The number of pyridine rings is 1. The van der Waals surface area contributed by atoms with Crippen LogP contribution in [0.5, 0.6) is 0 Å². The first-order chi connectivity index (χ1) is 9.04. The number of piperidine rings is 1. The lowest BCUT2D eigenvalue weighted by molar-refractivity contribution is 0.258. The monoisotopic (exact) mass is 347 g/mol. The number of aromatic nitrogens is 1. The number of halogens is 1. The van der Waals surface area contributed by atoms with Crippen molar-refractivity contribution < 1.29 is 8.42 Å². The van der Waals surface area contributed by atoms with E-state index < -0.39 is 10.0 Å². The van der Waals surface area contributed by atoms with Crippen LogP contribution in [0.1, 0.15) is 19.3 Å². The van der Waals surface area contributed by atoms with Gasteiger partial charge in [-0.2, -0.15) is 4.31 Å². The summed E-state index contributed by atoms with van der Waals surface area (Å²) >= 11 is 3.25. The first kappa shape index (κ1) is 14.9. The van der Waals surface area contributed by atoms with Gasteiger partial charge in [0.15, 0.2) is 0 Å². The summed E-state index contributed by atoms with van der Waals surface area (Å²) in [4.78, 5) is 4.17. The molecule has 19 heavy (non-hydrogen) atoms. The number of hydrogen-bond acceptors (Lipinski definition) is 4. The molecule has 1 aromatic heterocycles. The molecule has 106 valence electrons. The summed E-state index contributed by atoms with van der Waals surface area (Å²) in [6, 6.07) is 1.59. The Bertz CT molecular complexity index is 534. The molecule has 1 aromatic rings. The van der Waals surface area contributed by atoms with Gasteiger partial charge < -0.3 is 5.73 Å². The summed E-state index contributed by atoms with van der Waals surface area (Å²) in [5.41, 5.74) is 5.56. The van der Waals surface area contributed by atoms with Gasteiger partial charge in [-0.25, -0.2) is 8.42 Å².